The Morgan fingerprint density at radius 2 is 1.73 bits per heavy atom. The zero-order valence-corrected chi connectivity index (χ0v) is 27.0. The molecule has 3 aromatic carbocycles. The SMILES string of the molecule is Cc1cccc(NC(=O)COc2cccc([C@H]3c4sc(=O)[nH]c4SC4C3[C@H]3C[C@@H]4C4C(=O)N(c5ccccc5C(F)(F)F)C(=O)C43)c2)c1. The van der Waals surface area contributed by atoms with Gasteiger partial charge in [-0.15, -0.1) is 11.8 Å². The van der Waals surface area contributed by atoms with Crippen LogP contribution in [0.4, 0.5) is 24.5 Å². The van der Waals surface area contributed by atoms with E-state index in [0.717, 1.165) is 38.3 Å². The van der Waals surface area contributed by atoms with Gasteiger partial charge < -0.3 is 15.0 Å². The highest BCUT2D eigenvalue weighted by Crippen LogP contribution is 2.69. The molecule has 2 N–H and O–H groups in total. The highest BCUT2D eigenvalue weighted by Gasteiger charge is 2.70. The van der Waals surface area contributed by atoms with Crippen LogP contribution in [-0.2, 0) is 20.6 Å². The fourth-order valence-corrected chi connectivity index (χ4v) is 11.3. The van der Waals surface area contributed by atoms with Gasteiger partial charge in [-0.25, -0.2) is 4.90 Å². The van der Waals surface area contributed by atoms with E-state index in [4.69, 9.17) is 4.74 Å². The fourth-order valence-electron chi connectivity index (χ4n) is 8.40. The molecule has 3 heterocycles. The molecule has 2 saturated carbocycles. The number of hydrogen-bond acceptors (Lipinski definition) is 7. The predicted molar refractivity (Wildman–Crippen MR) is 174 cm³/mol. The number of rotatable bonds is 6. The second-order valence-corrected chi connectivity index (χ2v) is 15.0. The molecule has 4 aliphatic rings. The van der Waals surface area contributed by atoms with E-state index in [0.29, 0.717) is 22.9 Å². The van der Waals surface area contributed by atoms with E-state index in [-0.39, 0.29) is 46.3 Å². The van der Waals surface area contributed by atoms with Gasteiger partial charge in [0.2, 0.25) is 11.8 Å². The fraction of sp³-hybridized carbons (Fsp3) is 0.314. The third kappa shape index (κ3) is 4.97. The van der Waals surface area contributed by atoms with E-state index >= 15 is 0 Å². The number of hydrogen-bond donors (Lipinski definition) is 2. The topological polar surface area (TPSA) is 109 Å². The molecule has 1 saturated heterocycles. The van der Waals surface area contributed by atoms with Gasteiger partial charge in [0.1, 0.15) is 5.75 Å². The summed E-state index contributed by atoms with van der Waals surface area (Å²) in [6.07, 6.45) is -4.15. The monoisotopic (exact) mass is 691 g/mol. The standard InChI is InChI=1S/C35H28F3N3O5S2/c1-16-6-4-8-18(12-16)39-24(42)15-46-19-9-5-7-17(13-19)25-26-20-14-21(29(26)47-31-30(25)48-34(45)40-31)28-27(20)32(43)41(33(28)44)23-11-3-2-10-22(23)35(36,37)38/h2-13,20-21,25-29H,14-15H2,1H3,(H,39,42)(H,40,45)/t20-,21-,25-,26?,27?,28?,29?/m1/s1. The number of aryl methyl sites for hydroxylation is 1. The minimum atomic E-state index is -4.74. The summed E-state index contributed by atoms with van der Waals surface area (Å²) >= 11 is 2.60. The highest BCUT2D eigenvalue weighted by molar-refractivity contribution is 8.00. The molecule has 3 amide bonds. The smallest absolute Gasteiger partial charge is 0.418 e. The largest absolute Gasteiger partial charge is 0.484 e. The Kier molecular flexibility index (Phi) is 7.33. The highest BCUT2D eigenvalue weighted by atomic mass is 32.2. The number of amides is 3. The van der Waals surface area contributed by atoms with Crippen molar-refractivity contribution in [2.75, 3.05) is 16.8 Å². The third-order valence-electron chi connectivity index (χ3n) is 10.1. The first kappa shape index (κ1) is 30.9. The Hall–Kier alpha value is -4.36. The maximum atomic E-state index is 14.0. The lowest BCUT2D eigenvalue weighted by Gasteiger charge is -2.43. The number of benzene rings is 3. The van der Waals surface area contributed by atoms with Crippen molar-refractivity contribution < 1.29 is 32.3 Å². The zero-order chi connectivity index (χ0) is 33.5. The molecule has 3 fully saturated rings. The molecule has 48 heavy (non-hydrogen) atoms. The summed E-state index contributed by atoms with van der Waals surface area (Å²) in [5, 5.41) is 3.39. The number of imide groups is 1. The summed E-state index contributed by atoms with van der Waals surface area (Å²) in [7, 11) is 0. The van der Waals surface area contributed by atoms with Crippen LogP contribution in [0.3, 0.4) is 0 Å². The van der Waals surface area contributed by atoms with E-state index in [9.17, 15) is 32.3 Å². The molecular formula is C35H28F3N3O5S2. The molecule has 2 bridgehead atoms. The zero-order valence-electron chi connectivity index (χ0n) is 25.3. The Bertz CT molecular complexity index is 2040. The summed E-state index contributed by atoms with van der Waals surface area (Å²) in [6, 6.07) is 19.4. The molecule has 2 aliphatic carbocycles. The molecule has 13 heteroatoms. The van der Waals surface area contributed by atoms with Gasteiger partial charge in [-0.3, -0.25) is 19.2 Å². The summed E-state index contributed by atoms with van der Waals surface area (Å²) in [5.41, 5.74) is 1.05. The van der Waals surface area contributed by atoms with Gasteiger partial charge in [-0.05, 0) is 78.6 Å². The summed E-state index contributed by atoms with van der Waals surface area (Å²) in [5.74, 6) is -3.56. The number of thiazole rings is 1. The number of halogens is 3. The van der Waals surface area contributed by atoms with Crippen LogP contribution >= 0.6 is 23.1 Å². The van der Waals surface area contributed by atoms with Gasteiger partial charge in [0.25, 0.3) is 5.91 Å². The number of H-pyrrole nitrogens is 1. The van der Waals surface area contributed by atoms with Crippen LogP contribution in [0.1, 0.15) is 33.9 Å². The molecule has 8 rings (SSSR count). The van der Waals surface area contributed by atoms with Crippen LogP contribution in [0, 0.1) is 36.5 Å². The maximum absolute atomic E-state index is 14.0. The number of carbonyl (C=O) groups is 3. The molecule has 8 nitrogen and oxygen atoms in total. The van der Waals surface area contributed by atoms with Crippen molar-refractivity contribution in [3.05, 3.63) is 104 Å². The first-order chi connectivity index (χ1) is 23.0. The summed E-state index contributed by atoms with van der Waals surface area (Å²) in [6.45, 7) is 1.70. The second kappa shape index (κ2) is 11.4. The maximum Gasteiger partial charge on any atom is 0.418 e. The van der Waals surface area contributed by atoms with Crippen molar-refractivity contribution in [3.8, 4) is 5.75 Å². The van der Waals surface area contributed by atoms with Gasteiger partial charge >= 0.3 is 11.0 Å². The van der Waals surface area contributed by atoms with Gasteiger partial charge in [0.15, 0.2) is 6.61 Å². The lowest BCUT2D eigenvalue weighted by molar-refractivity contribution is -0.137. The number of aromatic amines is 1. The van der Waals surface area contributed by atoms with E-state index in [1.54, 1.807) is 12.1 Å². The lowest BCUT2D eigenvalue weighted by Crippen LogP contribution is -2.42. The van der Waals surface area contributed by atoms with Crippen molar-refractivity contribution in [1.29, 1.82) is 0 Å². The first-order valence-electron chi connectivity index (χ1n) is 15.5. The number of nitrogens with one attached hydrogen (secondary N) is 2. The molecule has 0 spiro atoms. The average molecular weight is 692 g/mol. The predicted octanol–water partition coefficient (Wildman–Crippen LogP) is 6.46. The Balaban J connectivity index is 1.10. The van der Waals surface area contributed by atoms with Gasteiger partial charge in [-0.2, -0.15) is 13.2 Å². The summed E-state index contributed by atoms with van der Waals surface area (Å²) < 4.78 is 47.8. The molecular weight excluding hydrogens is 664 g/mol. The normalized spacial score (nSPS) is 27.1. The van der Waals surface area contributed by atoms with E-state index in [1.165, 1.54) is 30.0 Å². The van der Waals surface area contributed by atoms with Crippen molar-refractivity contribution in [2.45, 2.75) is 35.7 Å². The number of alkyl halides is 3. The first-order valence-corrected chi connectivity index (χ1v) is 17.2. The minimum absolute atomic E-state index is 0.141. The van der Waals surface area contributed by atoms with E-state index in [2.05, 4.69) is 10.3 Å². The average Bonchev–Trinajstić information content (AvgIpc) is 3.78. The molecule has 4 aromatic rings. The molecule has 0 radical (unpaired) electrons. The van der Waals surface area contributed by atoms with Gasteiger partial charge in [-0.1, -0.05) is 47.7 Å². The van der Waals surface area contributed by atoms with E-state index < -0.39 is 41.1 Å². The minimum Gasteiger partial charge on any atom is -0.484 e. The van der Waals surface area contributed by atoms with E-state index in [1.807, 2.05) is 43.3 Å². The number of carbonyl (C=O) groups excluding carboxylic acids is 3. The van der Waals surface area contributed by atoms with Crippen LogP contribution in [-0.4, -0.2) is 34.6 Å². The number of fused-ring (bicyclic) bond motifs is 9. The second-order valence-electron chi connectivity index (χ2n) is 12.8. The van der Waals surface area contributed by atoms with Crippen LogP contribution in [0.15, 0.2) is 82.6 Å². The Labute approximate surface area is 280 Å². The molecule has 2 aliphatic heterocycles. The number of anilines is 2. The Morgan fingerprint density at radius 3 is 2.50 bits per heavy atom. The quantitative estimate of drug-likeness (QED) is 0.225. The van der Waals surface area contributed by atoms with Crippen LogP contribution in [0.2, 0.25) is 0 Å². The number of ether oxygens (including phenoxy) is 1. The molecule has 4 unspecified atom stereocenters. The molecule has 7 atom stereocenters. The van der Waals surface area contributed by atoms with Gasteiger partial charge in [0.05, 0.1) is 28.1 Å². The summed E-state index contributed by atoms with van der Waals surface area (Å²) in [4.78, 5) is 57.5. The van der Waals surface area contributed by atoms with Gasteiger partial charge in [0, 0.05) is 21.7 Å². The van der Waals surface area contributed by atoms with Crippen molar-refractivity contribution in [1.82, 2.24) is 4.98 Å². The van der Waals surface area contributed by atoms with Crippen LogP contribution in [0.25, 0.3) is 0 Å². The Morgan fingerprint density at radius 1 is 0.979 bits per heavy atom. The number of para-hydroxylation sites is 1. The lowest BCUT2D eigenvalue weighted by atomic mass is 9.68. The van der Waals surface area contributed by atoms with Crippen molar-refractivity contribution in [2.24, 2.45) is 29.6 Å². The van der Waals surface area contributed by atoms with Crippen LogP contribution in [0.5, 0.6) is 5.75 Å². The molecule has 1 aromatic heterocycles. The van der Waals surface area contributed by atoms with Crippen LogP contribution < -0.4 is 19.8 Å². The third-order valence-corrected chi connectivity index (χ3v) is 12.7. The number of nitrogens with zero attached hydrogens (tertiary/aromatic N) is 1. The number of aromatic nitrogens is 1. The van der Waals surface area contributed by atoms with Crippen molar-refractivity contribution >= 4 is 52.2 Å². The van der Waals surface area contributed by atoms with Crippen molar-refractivity contribution in [3.63, 3.8) is 0 Å². The number of thioether (sulfide) groups is 1. The molecule has 246 valence electrons.